The number of halogens is 4. The van der Waals surface area contributed by atoms with Gasteiger partial charge in [0.25, 0.3) is 0 Å². The largest absolute Gasteiger partial charge is 0.0909 e. The molecule has 16 heavy (non-hydrogen) atoms. The number of alkyl halides is 2. The highest BCUT2D eigenvalue weighted by molar-refractivity contribution is 9.12. The second-order valence-electron chi connectivity index (χ2n) is 3.83. The van der Waals surface area contributed by atoms with Gasteiger partial charge in [0, 0.05) is 15.4 Å². The summed E-state index contributed by atoms with van der Waals surface area (Å²) in [7, 11) is 0. The summed E-state index contributed by atoms with van der Waals surface area (Å²) in [5, 5.41) is 2.23. The van der Waals surface area contributed by atoms with Gasteiger partial charge in [0.2, 0.25) is 0 Å². The predicted octanol–water partition coefficient (Wildman–Crippen LogP) is 6.17. The fourth-order valence-electron chi connectivity index (χ4n) is 1.58. The van der Waals surface area contributed by atoms with E-state index in [4.69, 9.17) is 23.2 Å². The Morgan fingerprint density at radius 3 is 2.50 bits per heavy atom. The van der Waals surface area contributed by atoms with Crippen molar-refractivity contribution in [1.82, 2.24) is 0 Å². The topological polar surface area (TPSA) is 0 Å². The van der Waals surface area contributed by atoms with Crippen molar-refractivity contribution in [1.29, 1.82) is 0 Å². The summed E-state index contributed by atoms with van der Waals surface area (Å²) in [6.07, 6.45) is 3.39. The van der Waals surface area contributed by atoms with Crippen LogP contribution in [0.4, 0.5) is 0 Å². The third-order valence-electron chi connectivity index (χ3n) is 2.55. The fraction of sp³-hybridized carbons (Fsp3) is 0.500. The van der Waals surface area contributed by atoms with Crippen molar-refractivity contribution in [2.75, 3.05) is 5.33 Å². The van der Waals surface area contributed by atoms with E-state index in [1.807, 2.05) is 12.1 Å². The van der Waals surface area contributed by atoms with Gasteiger partial charge >= 0.3 is 0 Å². The molecule has 1 unspecified atom stereocenters. The molecule has 0 bridgehead atoms. The lowest BCUT2D eigenvalue weighted by molar-refractivity contribution is 0.599. The van der Waals surface area contributed by atoms with Crippen LogP contribution in [-0.2, 0) is 4.32 Å². The second-order valence-corrected chi connectivity index (χ2v) is 6.75. The van der Waals surface area contributed by atoms with Gasteiger partial charge in [0.1, 0.15) is 0 Å². The van der Waals surface area contributed by atoms with E-state index in [-0.39, 0.29) is 4.32 Å². The highest BCUT2D eigenvalue weighted by atomic mass is 79.9. The molecule has 0 N–H and O–H groups in total. The maximum atomic E-state index is 6.24. The summed E-state index contributed by atoms with van der Waals surface area (Å²) >= 11 is 19.5. The minimum absolute atomic E-state index is 0.0926. The van der Waals surface area contributed by atoms with Crippen LogP contribution in [0.2, 0.25) is 10.0 Å². The fourth-order valence-corrected chi connectivity index (χ4v) is 3.50. The van der Waals surface area contributed by atoms with Crippen LogP contribution in [0.5, 0.6) is 0 Å². The molecule has 90 valence electrons. The third kappa shape index (κ3) is 3.63. The molecule has 0 saturated carbocycles. The molecular weight excluding hydrogens is 375 g/mol. The summed E-state index contributed by atoms with van der Waals surface area (Å²) in [4.78, 5) is 0. The van der Waals surface area contributed by atoms with Crippen molar-refractivity contribution >= 4 is 55.1 Å². The number of hydrogen-bond donors (Lipinski definition) is 0. The Kier molecular flexibility index (Phi) is 6.14. The van der Waals surface area contributed by atoms with E-state index < -0.39 is 0 Å². The van der Waals surface area contributed by atoms with E-state index in [1.165, 1.54) is 6.42 Å². The summed E-state index contributed by atoms with van der Waals surface area (Å²) in [6.45, 7) is 2.19. The molecule has 1 aromatic rings. The monoisotopic (exact) mass is 386 g/mol. The molecule has 0 fully saturated rings. The van der Waals surface area contributed by atoms with Gasteiger partial charge in [-0.1, -0.05) is 80.9 Å². The molecule has 0 amide bonds. The lowest BCUT2D eigenvalue weighted by atomic mass is 9.95. The zero-order valence-electron chi connectivity index (χ0n) is 9.07. The molecule has 0 aliphatic rings. The molecule has 0 nitrogen and oxygen atoms in total. The Bertz CT molecular complexity index is 355. The standard InChI is InChI=1S/C12H14Br2Cl2/c1-2-3-6-12(14,8-13)10-5-4-9(15)7-11(10)16/h4-5,7H,2-3,6,8H2,1H3. The molecule has 0 saturated heterocycles. The first-order valence-corrected chi connectivity index (χ1v) is 7.91. The molecule has 1 aromatic carbocycles. The van der Waals surface area contributed by atoms with Gasteiger partial charge in [-0.15, -0.1) is 0 Å². The van der Waals surface area contributed by atoms with E-state index in [0.29, 0.717) is 5.02 Å². The SMILES string of the molecule is CCCCC(Br)(CBr)c1ccc(Cl)cc1Cl. The highest BCUT2D eigenvalue weighted by Crippen LogP contribution is 2.42. The summed E-state index contributed by atoms with van der Waals surface area (Å²) in [6, 6.07) is 5.67. The molecular formula is C12H14Br2Cl2. The molecule has 0 aliphatic carbocycles. The van der Waals surface area contributed by atoms with Gasteiger partial charge in [-0.3, -0.25) is 0 Å². The predicted molar refractivity (Wildman–Crippen MR) is 80.4 cm³/mol. The first-order chi connectivity index (χ1) is 7.53. The van der Waals surface area contributed by atoms with E-state index in [2.05, 4.69) is 38.8 Å². The van der Waals surface area contributed by atoms with E-state index >= 15 is 0 Å². The van der Waals surface area contributed by atoms with Gasteiger partial charge < -0.3 is 0 Å². The smallest absolute Gasteiger partial charge is 0.0617 e. The molecule has 4 heteroatoms. The Morgan fingerprint density at radius 1 is 1.31 bits per heavy atom. The zero-order valence-corrected chi connectivity index (χ0v) is 13.8. The number of benzene rings is 1. The lowest BCUT2D eigenvalue weighted by Gasteiger charge is -2.27. The van der Waals surface area contributed by atoms with Crippen LogP contribution in [-0.4, -0.2) is 5.33 Å². The summed E-state index contributed by atoms with van der Waals surface area (Å²) in [5.74, 6) is 0. The molecule has 0 aromatic heterocycles. The highest BCUT2D eigenvalue weighted by Gasteiger charge is 2.29. The maximum absolute atomic E-state index is 6.24. The average Bonchev–Trinajstić information content (AvgIpc) is 2.26. The first kappa shape index (κ1) is 14.8. The average molecular weight is 389 g/mol. The Hall–Kier alpha value is 0.760. The van der Waals surface area contributed by atoms with Crippen LogP contribution >= 0.6 is 55.1 Å². The van der Waals surface area contributed by atoms with Crippen LogP contribution in [0.1, 0.15) is 31.7 Å². The zero-order chi connectivity index (χ0) is 12.2. The van der Waals surface area contributed by atoms with E-state index in [1.54, 1.807) is 6.07 Å². The van der Waals surface area contributed by atoms with Crippen LogP contribution in [0.3, 0.4) is 0 Å². The van der Waals surface area contributed by atoms with Gasteiger partial charge in [0.05, 0.1) is 4.32 Å². The van der Waals surface area contributed by atoms with Crippen LogP contribution in [0, 0.1) is 0 Å². The minimum atomic E-state index is -0.0926. The minimum Gasteiger partial charge on any atom is -0.0909 e. The Morgan fingerprint density at radius 2 is 2.00 bits per heavy atom. The van der Waals surface area contributed by atoms with Crippen molar-refractivity contribution in [2.45, 2.75) is 30.5 Å². The van der Waals surface area contributed by atoms with Crippen molar-refractivity contribution in [3.8, 4) is 0 Å². The van der Waals surface area contributed by atoms with Crippen molar-refractivity contribution < 1.29 is 0 Å². The van der Waals surface area contributed by atoms with Crippen molar-refractivity contribution in [3.63, 3.8) is 0 Å². The van der Waals surface area contributed by atoms with Crippen LogP contribution in [0.25, 0.3) is 0 Å². The maximum Gasteiger partial charge on any atom is 0.0617 e. The Balaban J connectivity index is 3.02. The number of rotatable bonds is 5. The molecule has 1 atom stereocenters. The molecule has 0 spiro atoms. The normalized spacial score (nSPS) is 14.8. The van der Waals surface area contributed by atoms with Crippen LogP contribution in [0.15, 0.2) is 18.2 Å². The van der Waals surface area contributed by atoms with E-state index in [9.17, 15) is 0 Å². The first-order valence-electron chi connectivity index (χ1n) is 5.24. The van der Waals surface area contributed by atoms with Crippen LogP contribution < -0.4 is 0 Å². The molecule has 0 aliphatic heterocycles. The van der Waals surface area contributed by atoms with Gasteiger partial charge in [-0.2, -0.15) is 0 Å². The number of hydrogen-bond acceptors (Lipinski definition) is 0. The van der Waals surface area contributed by atoms with Gasteiger partial charge in [-0.05, 0) is 24.1 Å². The summed E-state index contributed by atoms with van der Waals surface area (Å²) < 4.78 is -0.0926. The summed E-state index contributed by atoms with van der Waals surface area (Å²) in [5.41, 5.74) is 1.10. The molecule has 1 rings (SSSR count). The quantitative estimate of drug-likeness (QED) is 0.529. The van der Waals surface area contributed by atoms with Gasteiger partial charge in [0.15, 0.2) is 0 Å². The molecule has 0 heterocycles. The number of unbranched alkanes of at least 4 members (excludes halogenated alkanes) is 1. The van der Waals surface area contributed by atoms with Crippen molar-refractivity contribution in [3.05, 3.63) is 33.8 Å². The molecule has 0 radical (unpaired) electrons. The Labute approximate surface area is 124 Å². The third-order valence-corrected chi connectivity index (χ3v) is 5.91. The van der Waals surface area contributed by atoms with Gasteiger partial charge in [-0.25, -0.2) is 0 Å². The van der Waals surface area contributed by atoms with E-state index in [0.717, 1.165) is 28.8 Å². The lowest BCUT2D eigenvalue weighted by Crippen LogP contribution is -2.20. The second kappa shape index (κ2) is 6.63. The van der Waals surface area contributed by atoms with Crippen molar-refractivity contribution in [2.24, 2.45) is 0 Å².